The van der Waals surface area contributed by atoms with Crippen molar-refractivity contribution in [3.63, 3.8) is 0 Å². The number of carboxylic acid groups (broad SMARTS) is 1. The van der Waals surface area contributed by atoms with Crippen LogP contribution in [0.5, 0.6) is 11.5 Å². The molecule has 0 aliphatic carbocycles. The lowest BCUT2D eigenvalue weighted by Crippen LogP contribution is -2.06. The molecule has 0 amide bonds. The van der Waals surface area contributed by atoms with Crippen LogP contribution in [0, 0.1) is 5.82 Å². The van der Waals surface area contributed by atoms with Crippen LogP contribution < -0.4 is 9.47 Å². The molecule has 1 rings (SSSR count). The molecule has 1 N–H and O–H groups in total. The summed E-state index contributed by atoms with van der Waals surface area (Å²) in [6, 6.07) is 2.50. The van der Waals surface area contributed by atoms with E-state index in [1.807, 2.05) is 0 Å². The van der Waals surface area contributed by atoms with Crippen molar-refractivity contribution in [1.29, 1.82) is 0 Å². The summed E-state index contributed by atoms with van der Waals surface area (Å²) < 4.78 is 23.2. The Hall–Kier alpha value is -1.78. The summed E-state index contributed by atoms with van der Waals surface area (Å²) in [5.74, 6) is -2.35. The molecule has 0 bridgehead atoms. The average Bonchev–Trinajstić information content (AvgIpc) is 2.20. The highest BCUT2D eigenvalue weighted by atomic mass is 19.1. The zero-order chi connectivity index (χ0) is 11.4. The number of halogens is 1. The van der Waals surface area contributed by atoms with Gasteiger partial charge in [-0.2, -0.15) is 4.39 Å². The standard InChI is InChI=1S/C10H11FO4/c1-3-15-9-6(10(12)13)4-5-7(14-2)8(9)11/h4-5H,3H2,1-2H3,(H,12,13). The lowest BCUT2D eigenvalue weighted by atomic mass is 10.2. The molecule has 0 heterocycles. The summed E-state index contributed by atoms with van der Waals surface area (Å²) in [5.41, 5.74) is -0.213. The minimum absolute atomic E-state index is 0.0385. The number of hydrogen-bond acceptors (Lipinski definition) is 3. The van der Waals surface area contributed by atoms with Crippen LogP contribution in [0.1, 0.15) is 17.3 Å². The number of methoxy groups -OCH3 is 1. The molecule has 82 valence electrons. The minimum Gasteiger partial charge on any atom is -0.494 e. The van der Waals surface area contributed by atoms with E-state index >= 15 is 0 Å². The topological polar surface area (TPSA) is 55.8 Å². The largest absolute Gasteiger partial charge is 0.494 e. The van der Waals surface area contributed by atoms with E-state index in [0.29, 0.717) is 0 Å². The molecule has 0 radical (unpaired) electrons. The summed E-state index contributed by atoms with van der Waals surface area (Å²) in [6.07, 6.45) is 0. The van der Waals surface area contributed by atoms with Gasteiger partial charge in [0.25, 0.3) is 0 Å². The normalized spacial score (nSPS) is 9.80. The van der Waals surface area contributed by atoms with E-state index in [1.54, 1.807) is 6.92 Å². The second kappa shape index (κ2) is 4.63. The number of carbonyl (C=O) groups is 1. The van der Waals surface area contributed by atoms with Crippen LogP contribution in [-0.2, 0) is 0 Å². The van der Waals surface area contributed by atoms with Crippen LogP contribution >= 0.6 is 0 Å². The van der Waals surface area contributed by atoms with E-state index in [1.165, 1.54) is 19.2 Å². The van der Waals surface area contributed by atoms with Crippen molar-refractivity contribution in [2.45, 2.75) is 6.92 Å². The van der Waals surface area contributed by atoms with Gasteiger partial charge in [0.2, 0.25) is 5.82 Å². The zero-order valence-corrected chi connectivity index (χ0v) is 8.41. The number of hydrogen-bond donors (Lipinski definition) is 1. The van der Waals surface area contributed by atoms with Crippen LogP contribution in [0.25, 0.3) is 0 Å². The fraction of sp³-hybridized carbons (Fsp3) is 0.300. The van der Waals surface area contributed by atoms with Gasteiger partial charge in [-0.05, 0) is 19.1 Å². The van der Waals surface area contributed by atoms with Gasteiger partial charge in [0, 0.05) is 0 Å². The molecule has 15 heavy (non-hydrogen) atoms. The highest BCUT2D eigenvalue weighted by molar-refractivity contribution is 5.91. The Morgan fingerprint density at radius 3 is 2.67 bits per heavy atom. The fourth-order valence-corrected chi connectivity index (χ4v) is 1.15. The molecule has 0 saturated carbocycles. The molecular weight excluding hydrogens is 203 g/mol. The SMILES string of the molecule is CCOc1c(C(=O)O)ccc(OC)c1F. The Kier molecular flexibility index (Phi) is 3.49. The van der Waals surface area contributed by atoms with Crippen molar-refractivity contribution in [3.05, 3.63) is 23.5 Å². The molecule has 5 heteroatoms. The summed E-state index contributed by atoms with van der Waals surface area (Å²) in [4.78, 5) is 10.8. The molecule has 0 aromatic heterocycles. The van der Waals surface area contributed by atoms with E-state index in [9.17, 15) is 9.18 Å². The van der Waals surface area contributed by atoms with Gasteiger partial charge in [0.1, 0.15) is 5.56 Å². The Bertz CT molecular complexity index is 376. The Morgan fingerprint density at radius 1 is 1.53 bits per heavy atom. The maximum Gasteiger partial charge on any atom is 0.339 e. The lowest BCUT2D eigenvalue weighted by molar-refractivity contribution is 0.0691. The summed E-state index contributed by atoms with van der Waals surface area (Å²) in [6.45, 7) is 1.83. The van der Waals surface area contributed by atoms with E-state index in [0.717, 1.165) is 0 Å². The van der Waals surface area contributed by atoms with E-state index in [4.69, 9.17) is 14.6 Å². The highest BCUT2D eigenvalue weighted by Gasteiger charge is 2.19. The number of ether oxygens (including phenoxy) is 2. The third-order valence-corrected chi connectivity index (χ3v) is 1.80. The lowest BCUT2D eigenvalue weighted by Gasteiger charge is -2.10. The van der Waals surface area contributed by atoms with E-state index < -0.39 is 11.8 Å². The second-order valence-electron chi connectivity index (χ2n) is 2.70. The third kappa shape index (κ3) is 2.18. The molecule has 1 aromatic rings. The first kappa shape index (κ1) is 11.3. The number of carboxylic acids is 1. The molecule has 4 nitrogen and oxygen atoms in total. The second-order valence-corrected chi connectivity index (χ2v) is 2.70. The zero-order valence-electron chi connectivity index (χ0n) is 8.41. The first-order valence-corrected chi connectivity index (χ1v) is 4.34. The Morgan fingerprint density at radius 2 is 2.20 bits per heavy atom. The first-order valence-electron chi connectivity index (χ1n) is 4.34. The summed E-state index contributed by atoms with van der Waals surface area (Å²) in [5, 5.41) is 8.79. The first-order chi connectivity index (χ1) is 7.11. The highest BCUT2D eigenvalue weighted by Crippen LogP contribution is 2.30. The van der Waals surface area contributed by atoms with Gasteiger partial charge in [-0.15, -0.1) is 0 Å². The van der Waals surface area contributed by atoms with Crippen LogP contribution in [0.15, 0.2) is 12.1 Å². The van der Waals surface area contributed by atoms with Crippen LogP contribution in [0.4, 0.5) is 4.39 Å². The van der Waals surface area contributed by atoms with Gasteiger partial charge >= 0.3 is 5.97 Å². The smallest absolute Gasteiger partial charge is 0.339 e. The van der Waals surface area contributed by atoms with Crippen molar-refractivity contribution in [3.8, 4) is 11.5 Å². The number of benzene rings is 1. The van der Waals surface area contributed by atoms with Crippen molar-refractivity contribution in [2.24, 2.45) is 0 Å². The van der Waals surface area contributed by atoms with Gasteiger partial charge in [-0.25, -0.2) is 4.79 Å². The molecule has 0 saturated heterocycles. The van der Waals surface area contributed by atoms with Crippen molar-refractivity contribution in [2.75, 3.05) is 13.7 Å². The molecule has 1 aromatic carbocycles. The van der Waals surface area contributed by atoms with Crippen LogP contribution in [0.3, 0.4) is 0 Å². The molecule has 0 aliphatic rings. The van der Waals surface area contributed by atoms with Gasteiger partial charge in [-0.1, -0.05) is 0 Å². The molecule has 0 atom stereocenters. The summed E-state index contributed by atoms with van der Waals surface area (Å²) >= 11 is 0. The monoisotopic (exact) mass is 214 g/mol. The maximum atomic E-state index is 13.6. The Labute approximate surface area is 86.2 Å². The molecular formula is C10H11FO4. The number of aromatic carboxylic acids is 1. The summed E-state index contributed by atoms with van der Waals surface area (Å²) in [7, 11) is 1.30. The van der Waals surface area contributed by atoms with Gasteiger partial charge in [-0.3, -0.25) is 0 Å². The van der Waals surface area contributed by atoms with E-state index in [2.05, 4.69) is 0 Å². The maximum absolute atomic E-state index is 13.6. The minimum atomic E-state index is -1.24. The fourth-order valence-electron chi connectivity index (χ4n) is 1.15. The van der Waals surface area contributed by atoms with Crippen molar-refractivity contribution >= 4 is 5.97 Å². The van der Waals surface area contributed by atoms with Crippen LogP contribution in [-0.4, -0.2) is 24.8 Å². The van der Waals surface area contributed by atoms with E-state index in [-0.39, 0.29) is 23.7 Å². The predicted octanol–water partition coefficient (Wildman–Crippen LogP) is 1.93. The molecule has 0 aliphatic heterocycles. The van der Waals surface area contributed by atoms with Gasteiger partial charge in [0.05, 0.1) is 13.7 Å². The van der Waals surface area contributed by atoms with Crippen molar-refractivity contribution in [1.82, 2.24) is 0 Å². The molecule has 0 unspecified atom stereocenters. The third-order valence-electron chi connectivity index (χ3n) is 1.80. The van der Waals surface area contributed by atoms with Crippen molar-refractivity contribution < 1.29 is 23.8 Å². The predicted molar refractivity (Wildman–Crippen MR) is 51.1 cm³/mol. The quantitative estimate of drug-likeness (QED) is 0.832. The Balaban J connectivity index is 3.30. The van der Waals surface area contributed by atoms with Gasteiger partial charge < -0.3 is 14.6 Å². The number of rotatable bonds is 4. The van der Waals surface area contributed by atoms with Gasteiger partial charge in [0.15, 0.2) is 11.5 Å². The molecule has 0 spiro atoms. The molecule has 0 fully saturated rings. The average molecular weight is 214 g/mol. The van der Waals surface area contributed by atoms with Crippen LogP contribution in [0.2, 0.25) is 0 Å².